The van der Waals surface area contributed by atoms with Gasteiger partial charge < -0.3 is 10.0 Å². The van der Waals surface area contributed by atoms with E-state index >= 15 is 0 Å². The molecule has 3 nitrogen and oxygen atoms in total. The van der Waals surface area contributed by atoms with Crippen LogP contribution in [0.2, 0.25) is 0 Å². The normalized spacial score (nSPS) is 52.8. The van der Waals surface area contributed by atoms with Crippen molar-refractivity contribution in [1.82, 2.24) is 9.80 Å². The van der Waals surface area contributed by atoms with Crippen LogP contribution in [-0.2, 0) is 0 Å². The Labute approximate surface area is 197 Å². The van der Waals surface area contributed by atoms with Crippen molar-refractivity contribution in [2.24, 2.45) is 34.5 Å². The first-order chi connectivity index (χ1) is 15.5. The van der Waals surface area contributed by atoms with Crippen LogP contribution in [0.5, 0.6) is 0 Å². The Morgan fingerprint density at radius 3 is 2.12 bits per heavy atom. The summed E-state index contributed by atoms with van der Waals surface area (Å²) >= 11 is 0. The lowest BCUT2D eigenvalue weighted by atomic mass is 9.44. The second-order valence-electron chi connectivity index (χ2n) is 13.7. The molecule has 2 saturated heterocycles. The minimum atomic E-state index is -0.0773. The quantitative estimate of drug-likeness (QED) is 0.593. The molecule has 6 aliphatic rings. The van der Waals surface area contributed by atoms with Crippen molar-refractivity contribution < 1.29 is 5.11 Å². The highest BCUT2D eigenvalue weighted by molar-refractivity contribution is 5.11. The fourth-order valence-electron chi connectivity index (χ4n) is 10.5. The standard InChI is InChI=1S/C29H50N2O/c1-28-12-11-24-23(25(28)18-22(19-28)30-13-5-3-6-14-30)10-9-21-17-27(32)26(20-29(21,24)2)31-15-7-4-8-16-31/h21-27,32H,3-20H2,1-2H3/t21?,22?,23-,24-,25+,26?,27?,28-,29+/m1/s1. The predicted octanol–water partition coefficient (Wildman–Crippen LogP) is 5.71. The number of fused-ring (bicyclic) bond motifs is 5. The van der Waals surface area contributed by atoms with Gasteiger partial charge in [0.05, 0.1) is 6.10 Å². The molecule has 0 aromatic heterocycles. The van der Waals surface area contributed by atoms with Crippen LogP contribution in [-0.4, -0.2) is 59.3 Å². The van der Waals surface area contributed by atoms with E-state index in [-0.39, 0.29) is 6.10 Å². The number of aliphatic hydroxyl groups is 1. The van der Waals surface area contributed by atoms with Crippen LogP contribution in [0, 0.1) is 34.5 Å². The molecule has 0 radical (unpaired) electrons. The lowest BCUT2D eigenvalue weighted by Gasteiger charge is -2.62. The second-order valence-corrected chi connectivity index (χ2v) is 13.7. The summed E-state index contributed by atoms with van der Waals surface area (Å²) in [6, 6.07) is 1.32. The van der Waals surface area contributed by atoms with E-state index in [0.29, 0.717) is 16.9 Å². The maximum Gasteiger partial charge on any atom is 0.0698 e. The zero-order valence-corrected chi connectivity index (χ0v) is 21.1. The second kappa shape index (κ2) is 8.52. The molecule has 9 atom stereocenters. The van der Waals surface area contributed by atoms with Gasteiger partial charge in [-0.05, 0) is 138 Å². The molecular weight excluding hydrogens is 392 g/mol. The fourth-order valence-corrected chi connectivity index (χ4v) is 10.5. The summed E-state index contributed by atoms with van der Waals surface area (Å²) in [7, 11) is 0. The van der Waals surface area contributed by atoms with Crippen molar-refractivity contribution in [3.63, 3.8) is 0 Å². The number of aliphatic hydroxyl groups excluding tert-OH is 1. The van der Waals surface area contributed by atoms with Gasteiger partial charge in [-0.1, -0.05) is 26.7 Å². The Morgan fingerprint density at radius 2 is 1.41 bits per heavy atom. The number of nitrogens with zero attached hydrogens (tertiary/aromatic N) is 2. The minimum absolute atomic E-state index is 0.0773. The van der Waals surface area contributed by atoms with Gasteiger partial charge in [0.25, 0.3) is 0 Å². The zero-order valence-electron chi connectivity index (χ0n) is 21.1. The molecule has 0 aromatic rings. The Kier molecular flexibility index (Phi) is 5.95. The molecule has 4 unspecified atom stereocenters. The molecule has 32 heavy (non-hydrogen) atoms. The summed E-state index contributed by atoms with van der Waals surface area (Å²) in [5, 5.41) is 11.2. The minimum Gasteiger partial charge on any atom is -0.391 e. The SMILES string of the molecule is C[C@]12CC[C@@H]3[C@@H](CCC4CC(O)C(N5CCCCC5)C[C@@]43C)[C@@H]1CC(N1CCCCC1)C2. The average molecular weight is 443 g/mol. The van der Waals surface area contributed by atoms with Gasteiger partial charge in [0.1, 0.15) is 0 Å². The molecule has 0 amide bonds. The molecule has 2 aliphatic heterocycles. The molecule has 4 aliphatic carbocycles. The fraction of sp³-hybridized carbons (Fsp3) is 1.00. The van der Waals surface area contributed by atoms with Gasteiger partial charge in [-0.3, -0.25) is 4.90 Å². The third-order valence-corrected chi connectivity index (χ3v) is 12.2. The third-order valence-electron chi connectivity index (χ3n) is 12.2. The maximum atomic E-state index is 11.2. The highest BCUT2D eigenvalue weighted by Gasteiger charge is 2.61. The molecule has 0 spiro atoms. The van der Waals surface area contributed by atoms with E-state index in [1.54, 1.807) is 0 Å². The summed E-state index contributed by atoms with van der Waals surface area (Å²) in [6.45, 7) is 10.6. The summed E-state index contributed by atoms with van der Waals surface area (Å²) in [4.78, 5) is 5.60. The Balaban J connectivity index is 1.22. The molecule has 0 aromatic carbocycles. The van der Waals surface area contributed by atoms with Gasteiger partial charge >= 0.3 is 0 Å². The Morgan fingerprint density at radius 1 is 0.719 bits per heavy atom. The number of hydrogen-bond acceptors (Lipinski definition) is 3. The molecule has 6 fully saturated rings. The zero-order chi connectivity index (χ0) is 21.9. The smallest absolute Gasteiger partial charge is 0.0698 e. The van der Waals surface area contributed by atoms with E-state index in [1.807, 2.05) is 0 Å². The molecule has 4 saturated carbocycles. The van der Waals surface area contributed by atoms with Crippen molar-refractivity contribution in [3.8, 4) is 0 Å². The maximum absolute atomic E-state index is 11.2. The van der Waals surface area contributed by atoms with Crippen LogP contribution in [0.3, 0.4) is 0 Å². The molecule has 6 rings (SSSR count). The summed E-state index contributed by atoms with van der Waals surface area (Å²) < 4.78 is 0. The third kappa shape index (κ3) is 3.63. The summed E-state index contributed by atoms with van der Waals surface area (Å²) in [5.41, 5.74) is 1.07. The van der Waals surface area contributed by atoms with Crippen LogP contribution in [0.1, 0.15) is 104 Å². The molecule has 3 heteroatoms. The van der Waals surface area contributed by atoms with E-state index in [0.717, 1.165) is 36.1 Å². The van der Waals surface area contributed by atoms with Gasteiger partial charge in [0.15, 0.2) is 0 Å². The molecule has 2 heterocycles. The Hall–Kier alpha value is -0.120. The first-order valence-electron chi connectivity index (χ1n) is 14.6. The lowest BCUT2D eigenvalue weighted by Crippen LogP contribution is -2.59. The predicted molar refractivity (Wildman–Crippen MR) is 132 cm³/mol. The first kappa shape index (κ1) is 22.4. The lowest BCUT2D eigenvalue weighted by molar-refractivity contribution is -0.146. The van der Waals surface area contributed by atoms with Gasteiger partial charge in [0.2, 0.25) is 0 Å². The van der Waals surface area contributed by atoms with Crippen molar-refractivity contribution in [2.45, 2.75) is 122 Å². The molecule has 1 N–H and O–H groups in total. The topological polar surface area (TPSA) is 26.7 Å². The number of hydrogen-bond donors (Lipinski definition) is 1. The van der Waals surface area contributed by atoms with E-state index in [9.17, 15) is 5.11 Å². The van der Waals surface area contributed by atoms with Gasteiger partial charge in [-0.2, -0.15) is 0 Å². The van der Waals surface area contributed by atoms with Crippen LogP contribution in [0.15, 0.2) is 0 Å². The molecule has 0 bridgehead atoms. The number of likely N-dealkylation sites (tertiary alicyclic amines) is 2. The first-order valence-corrected chi connectivity index (χ1v) is 14.6. The Bertz CT molecular complexity index is 670. The molecular formula is C29H50N2O. The largest absolute Gasteiger partial charge is 0.391 e. The van der Waals surface area contributed by atoms with Crippen LogP contribution in [0.4, 0.5) is 0 Å². The average Bonchev–Trinajstić information content (AvgIpc) is 3.18. The van der Waals surface area contributed by atoms with E-state index in [2.05, 4.69) is 23.6 Å². The van der Waals surface area contributed by atoms with Gasteiger partial charge in [-0.15, -0.1) is 0 Å². The van der Waals surface area contributed by atoms with Gasteiger partial charge in [0, 0.05) is 12.1 Å². The summed E-state index contributed by atoms with van der Waals surface area (Å²) in [5.74, 6) is 3.61. The van der Waals surface area contributed by atoms with Crippen molar-refractivity contribution in [2.75, 3.05) is 26.2 Å². The number of rotatable bonds is 2. The van der Waals surface area contributed by atoms with E-state index in [4.69, 9.17) is 0 Å². The highest BCUT2D eigenvalue weighted by Crippen LogP contribution is 2.66. The molecule has 182 valence electrons. The van der Waals surface area contributed by atoms with E-state index in [1.165, 1.54) is 110 Å². The summed E-state index contributed by atoms with van der Waals surface area (Å²) in [6.07, 6.45) is 19.5. The van der Waals surface area contributed by atoms with Crippen molar-refractivity contribution >= 4 is 0 Å². The van der Waals surface area contributed by atoms with Crippen molar-refractivity contribution in [1.29, 1.82) is 0 Å². The van der Waals surface area contributed by atoms with E-state index < -0.39 is 0 Å². The van der Waals surface area contributed by atoms with Crippen LogP contribution >= 0.6 is 0 Å². The number of piperidine rings is 2. The van der Waals surface area contributed by atoms with Gasteiger partial charge in [-0.25, -0.2) is 0 Å². The monoisotopic (exact) mass is 442 g/mol. The van der Waals surface area contributed by atoms with Crippen LogP contribution < -0.4 is 0 Å². The van der Waals surface area contributed by atoms with Crippen LogP contribution in [0.25, 0.3) is 0 Å². The van der Waals surface area contributed by atoms with Crippen molar-refractivity contribution in [3.05, 3.63) is 0 Å². The highest BCUT2D eigenvalue weighted by atomic mass is 16.3.